The fraction of sp³-hybridized carbons (Fsp3) is 0.190. The summed E-state index contributed by atoms with van der Waals surface area (Å²) in [4.78, 5) is 24.9. The van der Waals surface area contributed by atoms with Gasteiger partial charge in [0, 0.05) is 15.2 Å². The van der Waals surface area contributed by atoms with Crippen LogP contribution in [0.1, 0.15) is 18.9 Å². The Labute approximate surface area is 177 Å². The van der Waals surface area contributed by atoms with Gasteiger partial charge in [-0.25, -0.2) is 0 Å². The van der Waals surface area contributed by atoms with Crippen molar-refractivity contribution in [2.75, 3.05) is 5.32 Å². The number of carbonyl (C=O) groups excluding carboxylic acids is 2. The smallest absolute Gasteiger partial charge is 0.248 e. The number of nitrogens with one attached hydrogen (secondary N) is 3. The Hall–Kier alpha value is -2.68. The number of aromatic amines is 1. The maximum absolute atomic E-state index is 12.6. The van der Waals surface area contributed by atoms with Crippen LogP contribution in [-0.2, 0) is 16.0 Å². The highest BCUT2D eigenvalue weighted by molar-refractivity contribution is 14.1. The molecule has 0 saturated heterocycles. The Morgan fingerprint density at radius 2 is 1.89 bits per heavy atom. The molecule has 3 N–H and O–H groups in total. The molecule has 2 aromatic carbocycles. The van der Waals surface area contributed by atoms with E-state index in [0.717, 1.165) is 20.4 Å². The summed E-state index contributed by atoms with van der Waals surface area (Å²) < 4.78 is 1.07. The fourth-order valence-corrected chi connectivity index (χ4v) is 3.40. The van der Waals surface area contributed by atoms with E-state index in [1.165, 1.54) is 0 Å². The first-order valence-electron chi connectivity index (χ1n) is 9.00. The van der Waals surface area contributed by atoms with Gasteiger partial charge in [-0.3, -0.25) is 14.7 Å². The van der Waals surface area contributed by atoms with Gasteiger partial charge in [-0.05, 0) is 46.7 Å². The van der Waals surface area contributed by atoms with E-state index in [9.17, 15) is 9.59 Å². The second-order valence-corrected chi connectivity index (χ2v) is 7.60. The van der Waals surface area contributed by atoms with E-state index >= 15 is 0 Å². The standard InChI is InChI=1S/C21H21IN4O2/c1-2-17(23-20(27)12-14-7-6-10-16(22)11-14)21(28)24-19-13-18(25-26-19)15-8-4-3-5-9-15/h3-11,13,17H,2,12H2,1H3,(H,23,27)(H2,24,25,26,28). The zero-order valence-electron chi connectivity index (χ0n) is 15.4. The minimum absolute atomic E-state index is 0.182. The van der Waals surface area contributed by atoms with Gasteiger partial charge in [-0.1, -0.05) is 49.4 Å². The summed E-state index contributed by atoms with van der Waals surface area (Å²) in [5, 5.41) is 12.6. The molecule has 1 atom stereocenters. The molecule has 0 radical (unpaired) electrons. The molecule has 0 fully saturated rings. The molecule has 0 aliphatic heterocycles. The topological polar surface area (TPSA) is 86.9 Å². The quantitative estimate of drug-likeness (QED) is 0.443. The average Bonchev–Trinajstić information content (AvgIpc) is 3.15. The number of anilines is 1. The average molecular weight is 488 g/mol. The molecule has 144 valence electrons. The number of nitrogens with zero attached hydrogens (tertiary/aromatic N) is 1. The zero-order valence-corrected chi connectivity index (χ0v) is 17.6. The summed E-state index contributed by atoms with van der Waals surface area (Å²) in [6.07, 6.45) is 0.729. The van der Waals surface area contributed by atoms with Crippen LogP contribution < -0.4 is 10.6 Å². The van der Waals surface area contributed by atoms with Gasteiger partial charge < -0.3 is 10.6 Å². The lowest BCUT2D eigenvalue weighted by Crippen LogP contribution is -2.44. The third-order valence-corrected chi connectivity index (χ3v) is 4.89. The molecule has 28 heavy (non-hydrogen) atoms. The molecule has 2 amide bonds. The first-order chi connectivity index (χ1) is 13.5. The number of rotatable bonds is 7. The van der Waals surface area contributed by atoms with Gasteiger partial charge in [0.15, 0.2) is 0 Å². The minimum atomic E-state index is -0.612. The zero-order chi connectivity index (χ0) is 19.9. The van der Waals surface area contributed by atoms with Crippen molar-refractivity contribution in [1.82, 2.24) is 15.5 Å². The van der Waals surface area contributed by atoms with Crippen molar-refractivity contribution in [2.45, 2.75) is 25.8 Å². The van der Waals surface area contributed by atoms with Crippen molar-refractivity contribution in [1.29, 1.82) is 0 Å². The second kappa shape index (κ2) is 9.50. The molecule has 0 saturated carbocycles. The SMILES string of the molecule is CCC(NC(=O)Cc1cccc(I)c1)C(=O)Nc1cc(-c2ccccc2)n[nH]1. The van der Waals surface area contributed by atoms with Crippen LogP contribution in [0.4, 0.5) is 5.82 Å². The Balaban J connectivity index is 1.59. The van der Waals surface area contributed by atoms with Gasteiger partial charge in [0.2, 0.25) is 11.8 Å². The molecule has 0 bridgehead atoms. The molecule has 1 aromatic heterocycles. The monoisotopic (exact) mass is 488 g/mol. The third-order valence-electron chi connectivity index (χ3n) is 4.22. The molecule has 0 spiro atoms. The number of carbonyl (C=O) groups is 2. The number of hydrogen-bond acceptors (Lipinski definition) is 3. The van der Waals surface area contributed by atoms with Crippen LogP contribution in [0.2, 0.25) is 0 Å². The van der Waals surface area contributed by atoms with Crippen molar-refractivity contribution in [2.24, 2.45) is 0 Å². The Kier molecular flexibility index (Phi) is 6.80. The molecule has 6 nitrogen and oxygen atoms in total. The maximum atomic E-state index is 12.6. The molecule has 1 heterocycles. The van der Waals surface area contributed by atoms with Gasteiger partial charge in [0.05, 0.1) is 12.1 Å². The number of hydrogen-bond donors (Lipinski definition) is 3. The molecular weight excluding hydrogens is 467 g/mol. The van der Waals surface area contributed by atoms with E-state index in [4.69, 9.17) is 0 Å². The summed E-state index contributed by atoms with van der Waals surface area (Å²) in [6, 6.07) is 18.6. The number of amides is 2. The van der Waals surface area contributed by atoms with Crippen LogP contribution in [0.15, 0.2) is 60.7 Å². The summed E-state index contributed by atoms with van der Waals surface area (Å²) >= 11 is 2.21. The first kappa shape index (κ1) is 20.1. The number of halogens is 1. The molecule has 3 rings (SSSR count). The van der Waals surface area contributed by atoms with Crippen molar-refractivity contribution in [3.63, 3.8) is 0 Å². The normalized spacial score (nSPS) is 11.6. The van der Waals surface area contributed by atoms with Crippen LogP contribution >= 0.6 is 22.6 Å². The Morgan fingerprint density at radius 1 is 1.11 bits per heavy atom. The van der Waals surface area contributed by atoms with Crippen LogP contribution in [0, 0.1) is 3.57 Å². The summed E-state index contributed by atoms with van der Waals surface area (Å²) in [6.45, 7) is 1.86. The molecule has 7 heteroatoms. The molecule has 0 aliphatic rings. The lowest BCUT2D eigenvalue weighted by molar-refractivity contribution is -0.126. The van der Waals surface area contributed by atoms with E-state index in [1.807, 2.05) is 61.5 Å². The van der Waals surface area contributed by atoms with E-state index in [0.29, 0.717) is 12.2 Å². The van der Waals surface area contributed by atoms with Gasteiger partial charge in [-0.15, -0.1) is 0 Å². The minimum Gasteiger partial charge on any atom is -0.344 e. The highest BCUT2D eigenvalue weighted by Gasteiger charge is 2.20. The molecule has 3 aromatic rings. The summed E-state index contributed by atoms with van der Waals surface area (Å²) in [5.41, 5.74) is 2.62. The van der Waals surface area contributed by atoms with Crippen molar-refractivity contribution < 1.29 is 9.59 Å². The number of aromatic nitrogens is 2. The highest BCUT2D eigenvalue weighted by atomic mass is 127. The van der Waals surface area contributed by atoms with Crippen molar-refractivity contribution >= 4 is 40.2 Å². The van der Waals surface area contributed by atoms with E-state index in [2.05, 4.69) is 43.4 Å². The Bertz CT molecular complexity index is 956. The van der Waals surface area contributed by atoms with E-state index in [-0.39, 0.29) is 18.2 Å². The summed E-state index contributed by atoms with van der Waals surface area (Å²) in [7, 11) is 0. The number of benzene rings is 2. The van der Waals surface area contributed by atoms with Gasteiger partial charge in [-0.2, -0.15) is 5.10 Å². The lowest BCUT2D eigenvalue weighted by atomic mass is 10.1. The lowest BCUT2D eigenvalue weighted by Gasteiger charge is -2.16. The second-order valence-electron chi connectivity index (χ2n) is 6.36. The van der Waals surface area contributed by atoms with Crippen molar-refractivity contribution in [3.05, 3.63) is 69.8 Å². The van der Waals surface area contributed by atoms with Gasteiger partial charge in [0.1, 0.15) is 11.9 Å². The molecular formula is C21H21IN4O2. The predicted octanol–water partition coefficient (Wildman–Crippen LogP) is 3.76. The van der Waals surface area contributed by atoms with E-state index < -0.39 is 6.04 Å². The number of H-pyrrole nitrogens is 1. The van der Waals surface area contributed by atoms with E-state index in [1.54, 1.807) is 6.07 Å². The van der Waals surface area contributed by atoms with Crippen LogP contribution in [0.3, 0.4) is 0 Å². The largest absolute Gasteiger partial charge is 0.344 e. The van der Waals surface area contributed by atoms with Gasteiger partial charge >= 0.3 is 0 Å². The van der Waals surface area contributed by atoms with Crippen LogP contribution in [0.25, 0.3) is 11.3 Å². The van der Waals surface area contributed by atoms with Crippen LogP contribution in [0.5, 0.6) is 0 Å². The molecule has 0 aliphatic carbocycles. The predicted molar refractivity (Wildman–Crippen MR) is 118 cm³/mol. The fourth-order valence-electron chi connectivity index (χ4n) is 2.79. The van der Waals surface area contributed by atoms with Crippen LogP contribution in [-0.4, -0.2) is 28.1 Å². The molecule has 1 unspecified atom stereocenters. The summed E-state index contributed by atoms with van der Waals surface area (Å²) in [5.74, 6) is 0.0366. The Morgan fingerprint density at radius 3 is 2.61 bits per heavy atom. The van der Waals surface area contributed by atoms with Crippen molar-refractivity contribution in [3.8, 4) is 11.3 Å². The highest BCUT2D eigenvalue weighted by Crippen LogP contribution is 2.19. The first-order valence-corrected chi connectivity index (χ1v) is 10.1. The van der Waals surface area contributed by atoms with Gasteiger partial charge in [0.25, 0.3) is 0 Å². The maximum Gasteiger partial charge on any atom is 0.248 e. The third kappa shape index (κ3) is 5.41.